The van der Waals surface area contributed by atoms with E-state index in [1.807, 2.05) is 0 Å². The minimum absolute atomic E-state index is 0.0405. The number of nitrogens with zero attached hydrogens (tertiary/aromatic N) is 2. The molecule has 8 heteroatoms. The highest BCUT2D eigenvalue weighted by Gasteiger charge is 2.65. The summed E-state index contributed by atoms with van der Waals surface area (Å²) in [7, 11) is 1.36. The van der Waals surface area contributed by atoms with Crippen LogP contribution in [-0.4, -0.2) is 28.6 Å². The van der Waals surface area contributed by atoms with E-state index in [0.717, 1.165) is 4.57 Å². The third-order valence-corrected chi connectivity index (χ3v) is 5.47. The number of benzene rings is 3. The average Bonchev–Trinajstić information content (AvgIpc) is 3.16. The molecule has 156 valence electrons. The fourth-order valence-corrected chi connectivity index (χ4v) is 4.10. The van der Waals surface area contributed by atoms with Crippen LogP contribution in [0.3, 0.4) is 0 Å². The Morgan fingerprint density at radius 2 is 1.58 bits per heavy atom. The van der Waals surface area contributed by atoms with Gasteiger partial charge in [-0.15, -0.1) is 0 Å². The Labute approximate surface area is 175 Å². The van der Waals surface area contributed by atoms with Gasteiger partial charge in [0.1, 0.15) is 11.6 Å². The van der Waals surface area contributed by atoms with Crippen LogP contribution in [0.2, 0.25) is 0 Å². The van der Waals surface area contributed by atoms with Crippen molar-refractivity contribution in [1.29, 1.82) is 0 Å². The minimum atomic E-state index is -5.00. The van der Waals surface area contributed by atoms with Crippen molar-refractivity contribution in [3.05, 3.63) is 78.4 Å². The summed E-state index contributed by atoms with van der Waals surface area (Å²) in [4.78, 5) is 18.1. The van der Waals surface area contributed by atoms with Gasteiger partial charge in [0, 0.05) is 11.1 Å². The van der Waals surface area contributed by atoms with Gasteiger partial charge >= 0.3 is 6.18 Å². The summed E-state index contributed by atoms with van der Waals surface area (Å²) in [5, 5.41) is 2.50. The van der Waals surface area contributed by atoms with Crippen molar-refractivity contribution >= 4 is 22.5 Å². The molecule has 4 aromatic rings. The van der Waals surface area contributed by atoms with Gasteiger partial charge in [-0.3, -0.25) is 9.36 Å². The highest BCUT2D eigenvalue weighted by atomic mass is 19.4. The summed E-state index contributed by atoms with van der Waals surface area (Å²) in [5.41, 5.74) is -2.21. The third kappa shape index (κ3) is 2.57. The van der Waals surface area contributed by atoms with Crippen LogP contribution in [0.4, 0.5) is 18.9 Å². The molecule has 0 saturated carbocycles. The van der Waals surface area contributed by atoms with Crippen LogP contribution in [0.5, 0.6) is 5.75 Å². The van der Waals surface area contributed by atoms with Gasteiger partial charge in [0.2, 0.25) is 5.78 Å². The number of aromatic nitrogens is 2. The highest BCUT2D eigenvalue weighted by molar-refractivity contribution is 6.12. The summed E-state index contributed by atoms with van der Waals surface area (Å²) < 4.78 is 51.1. The quantitative estimate of drug-likeness (QED) is 0.490. The molecule has 0 spiro atoms. The molecule has 1 aromatic heterocycles. The zero-order valence-electron chi connectivity index (χ0n) is 16.3. The molecule has 5 rings (SSSR count). The number of Topliss-reactive ketones (excluding diaryl/α,β-unsaturated/α-hetero) is 1. The van der Waals surface area contributed by atoms with E-state index in [1.165, 1.54) is 31.4 Å². The Balaban J connectivity index is 1.90. The van der Waals surface area contributed by atoms with Gasteiger partial charge in [-0.05, 0) is 24.3 Å². The van der Waals surface area contributed by atoms with Gasteiger partial charge in [0.15, 0.2) is 0 Å². The van der Waals surface area contributed by atoms with Gasteiger partial charge < -0.3 is 10.1 Å². The van der Waals surface area contributed by atoms with Gasteiger partial charge in [-0.1, -0.05) is 48.5 Å². The highest BCUT2D eigenvalue weighted by Crippen LogP contribution is 2.49. The van der Waals surface area contributed by atoms with Gasteiger partial charge in [-0.25, -0.2) is 4.98 Å². The van der Waals surface area contributed by atoms with Crippen molar-refractivity contribution in [2.24, 2.45) is 0 Å². The number of rotatable bonds is 3. The van der Waals surface area contributed by atoms with Crippen molar-refractivity contribution < 1.29 is 22.7 Å². The summed E-state index contributed by atoms with van der Waals surface area (Å²) in [6.07, 6.45) is -5.00. The predicted molar refractivity (Wildman–Crippen MR) is 110 cm³/mol. The third-order valence-electron chi connectivity index (χ3n) is 5.47. The van der Waals surface area contributed by atoms with Crippen molar-refractivity contribution in [2.45, 2.75) is 11.8 Å². The number of halogens is 3. The van der Waals surface area contributed by atoms with Crippen LogP contribution in [0.25, 0.3) is 22.4 Å². The predicted octanol–water partition coefficient (Wildman–Crippen LogP) is 5.24. The molecule has 0 amide bonds. The lowest BCUT2D eigenvalue weighted by Crippen LogP contribution is -2.61. The van der Waals surface area contributed by atoms with Gasteiger partial charge in [-0.2, -0.15) is 13.2 Å². The van der Waals surface area contributed by atoms with Crippen LogP contribution < -0.4 is 10.1 Å². The van der Waals surface area contributed by atoms with Crippen LogP contribution in [0.15, 0.2) is 72.8 Å². The van der Waals surface area contributed by atoms with Crippen LogP contribution in [-0.2, 0) is 5.66 Å². The number of ketones is 1. The van der Waals surface area contributed by atoms with E-state index in [-0.39, 0.29) is 28.3 Å². The molecule has 0 fully saturated rings. The molecular weight excluding hydrogens is 407 g/mol. The lowest BCUT2D eigenvalue weighted by atomic mass is 9.88. The fourth-order valence-electron chi connectivity index (χ4n) is 4.10. The monoisotopic (exact) mass is 423 g/mol. The molecule has 3 aromatic carbocycles. The normalized spacial score (nSPS) is 17.9. The van der Waals surface area contributed by atoms with Crippen molar-refractivity contribution in [3.8, 4) is 17.1 Å². The lowest BCUT2D eigenvalue weighted by Gasteiger charge is -2.41. The molecule has 0 radical (unpaired) electrons. The number of nitrogens with one attached hydrogen (secondary N) is 1. The maximum atomic E-state index is 15.0. The van der Waals surface area contributed by atoms with E-state index < -0.39 is 17.6 Å². The minimum Gasteiger partial charge on any atom is -0.495 e. The van der Waals surface area contributed by atoms with E-state index in [1.54, 1.807) is 48.5 Å². The topological polar surface area (TPSA) is 56.1 Å². The average molecular weight is 423 g/mol. The van der Waals surface area contributed by atoms with Crippen LogP contribution >= 0.6 is 0 Å². The van der Waals surface area contributed by atoms with Crippen molar-refractivity contribution in [3.63, 3.8) is 0 Å². The summed E-state index contributed by atoms with van der Waals surface area (Å²) in [6.45, 7) is 0. The van der Waals surface area contributed by atoms with Gasteiger partial charge in [0.05, 0.1) is 23.8 Å². The number of imidazole rings is 1. The number of fused-ring (bicyclic) bond motifs is 5. The molecule has 0 saturated heterocycles. The number of carbonyl (C=O) groups excluding carboxylic acids is 1. The molecule has 5 nitrogen and oxygen atoms in total. The Morgan fingerprint density at radius 1 is 0.935 bits per heavy atom. The first-order valence-corrected chi connectivity index (χ1v) is 9.48. The molecular formula is C23H16F3N3O2. The number of hydrogen-bond donors (Lipinski definition) is 1. The number of ether oxygens (including phenoxy) is 1. The molecule has 0 aliphatic carbocycles. The number of methoxy groups -OCH3 is 1. The van der Waals surface area contributed by atoms with Gasteiger partial charge in [0.25, 0.3) is 5.66 Å². The molecule has 31 heavy (non-hydrogen) atoms. The first kappa shape index (κ1) is 19.2. The standard InChI is InChI=1S/C23H16F3N3O2/c1-31-19-13-7-5-11-17(19)28-22(23(24,25)26)20(30)14-8-2-3-9-15(14)21-27-16-10-4-6-12-18(16)29(21)22/h2-13,28H,1H3. The molecule has 1 N–H and O–H groups in total. The molecule has 0 bridgehead atoms. The Bertz CT molecular complexity index is 1330. The lowest BCUT2D eigenvalue weighted by molar-refractivity contribution is -0.186. The molecule has 1 unspecified atom stereocenters. The van der Waals surface area contributed by atoms with Crippen molar-refractivity contribution in [2.75, 3.05) is 12.4 Å². The van der Waals surface area contributed by atoms with Crippen LogP contribution in [0.1, 0.15) is 10.4 Å². The number of alkyl halides is 3. The zero-order valence-corrected chi connectivity index (χ0v) is 16.3. The first-order chi connectivity index (χ1) is 14.9. The summed E-state index contributed by atoms with van der Waals surface area (Å²) in [5.74, 6) is -0.864. The maximum absolute atomic E-state index is 15.0. The maximum Gasteiger partial charge on any atom is 0.438 e. The summed E-state index contributed by atoms with van der Waals surface area (Å²) >= 11 is 0. The molecule has 1 atom stereocenters. The Morgan fingerprint density at radius 3 is 2.32 bits per heavy atom. The summed E-state index contributed by atoms with van der Waals surface area (Å²) in [6, 6.07) is 18.9. The van der Waals surface area contributed by atoms with E-state index in [0.29, 0.717) is 11.1 Å². The number of carbonyl (C=O) groups is 1. The Kier molecular flexibility index (Phi) is 4.08. The van der Waals surface area contributed by atoms with E-state index in [4.69, 9.17) is 4.74 Å². The SMILES string of the molecule is COc1ccccc1NC1(C(F)(F)F)C(=O)c2ccccc2-c2nc3ccccc3n21. The van der Waals surface area contributed by atoms with E-state index in [9.17, 15) is 18.0 Å². The number of hydrogen-bond acceptors (Lipinski definition) is 4. The smallest absolute Gasteiger partial charge is 0.438 e. The molecule has 1 aliphatic rings. The van der Waals surface area contributed by atoms with Crippen LogP contribution in [0, 0.1) is 0 Å². The molecule has 2 heterocycles. The second-order valence-corrected chi connectivity index (χ2v) is 7.17. The number of anilines is 1. The second-order valence-electron chi connectivity index (χ2n) is 7.17. The number of para-hydroxylation sites is 4. The Hall–Kier alpha value is -3.81. The fraction of sp³-hybridized carbons (Fsp3) is 0.130. The molecule has 1 aliphatic heterocycles. The zero-order chi connectivity index (χ0) is 21.8. The van der Waals surface area contributed by atoms with E-state index >= 15 is 0 Å². The van der Waals surface area contributed by atoms with Crippen molar-refractivity contribution in [1.82, 2.24) is 9.55 Å². The first-order valence-electron chi connectivity index (χ1n) is 9.48. The largest absolute Gasteiger partial charge is 0.495 e. The van der Waals surface area contributed by atoms with E-state index in [2.05, 4.69) is 10.3 Å². The second kappa shape index (κ2) is 6.60.